The zero-order valence-corrected chi connectivity index (χ0v) is 20.9. The van der Waals surface area contributed by atoms with Gasteiger partial charge >= 0.3 is 0 Å². The third-order valence-corrected chi connectivity index (χ3v) is 6.74. The number of carbonyl (C=O) groups is 1. The number of hydrogen-bond donors (Lipinski definition) is 1. The molecule has 1 atom stereocenters. The number of anilines is 1. The molecule has 0 heterocycles. The lowest BCUT2D eigenvalue weighted by molar-refractivity contribution is 0.0940. The van der Waals surface area contributed by atoms with Gasteiger partial charge in [0.15, 0.2) is 0 Å². The van der Waals surface area contributed by atoms with Gasteiger partial charge in [0, 0.05) is 5.56 Å². The van der Waals surface area contributed by atoms with E-state index in [1.807, 2.05) is 32.0 Å². The van der Waals surface area contributed by atoms with Crippen LogP contribution in [0.5, 0.6) is 5.75 Å². The third kappa shape index (κ3) is 6.38. The van der Waals surface area contributed by atoms with Gasteiger partial charge in [0.25, 0.3) is 5.91 Å². The van der Waals surface area contributed by atoms with E-state index in [1.165, 1.54) is 16.1 Å². The number of aryl methyl sites for hydroxylation is 1. The maximum atomic E-state index is 12.7. The van der Waals surface area contributed by atoms with E-state index in [0.717, 1.165) is 17.5 Å². The van der Waals surface area contributed by atoms with Crippen molar-refractivity contribution in [3.05, 3.63) is 95.1 Å². The Hall–Kier alpha value is -3.32. The number of amides is 1. The van der Waals surface area contributed by atoms with Crippen LogP contribution in [0.3, 0.4) is 0 Å². The van der Waals surface area contributed by atoms with Gasteiger partial charge in [0.1, 0.15) is 5.75 Å². The van der Waals surface area contributed by atoms with E-state index >= 15 is 0 Å². The van der Waals surface area contributed by atoms with Crippen LogP contribution in [0.15, 0.2) is 72.8 Å². The van der Waals surface area contributed by atoms with Crippen LogP contribution in [0, 0.1) is 0 Å². The van der Waals surface area contributed by atoms with E-state index in [9.17, 15) is 13.2 Å². The molecule has 0 saturated heterocycles. The summed E-state index contributed by atoms with van der Waals surface area (Å²) in [6, 6.07) is 22.1. The Morgan fingerprint density at radius 1 is 0.941 bits per heavy atom. The summed E-state index contributed by atoms with van der Waals surface area (Å²) in [5.74, 6) is 0.327. The molecule has 0 aliphatic heterocycles. The van der Waals surface area contributed by atoms with Crippen LogP contribution < -0.4 is 14.4 Å². The number of hydrogen-bond acceptors (Lipinski definition) is 4. The predicted octanol–water partition coefficient (Wildman–Crippen LogP) is 5.10. The lowest BCUT2D eigenvalue weighted by Gasteiger charge is -2.24. The number of rotatable bonds is 10. The maximum Gasteiger partial charge on any atom is 0.251 e. The molecule has 0 unspecified atom stereocenters. The molecule has 3 aromatic carbocycles. The lowest BCUT2D eigenvalue weighted by Crippen LogP contribution is -2.30. The summed E-state index contributed by atoms with van der Waals surface area (Å²) in [4.78, 5) is 12.7. The Kier molecular flexibility index (Phi) is 8.34. The van der Waals surface area contributed by atoms with Gasteiger partial charge < -0.3 is 10.1 Å². The molecule has 180 valence electrons. The SMILES string of the molecule is CCOc1ccccc1N(Cc1ccc(C(=O)N[C@H](C)c2ccc(CC)cc2)cc1)S(C)(=O)=O. The van der Waals surface area contributed by atoms with Crippen LogP contribution >= 0.6 is 0 Å². The third-order valence-electron chi connectivity index (χ3n) is 5.61. The first-order valence-corrected chi connectivity index (χ1v) is 13.3. The second kappa shape index (κ2) is 11.2. The van der Waals surface area contributed by atoms with Gasteiger partial charge in [-0.25, -0.2) is 8.42 Å². The van der Waals surface area contributed by atoms with Crippen molar-refractivity contribution in [3.8, 4) is 5.75 Å². The number of para-hydroxylation sites is 2. The zero-order chi connectivity index (χ0) is 24.7. The second-order valence-electron chi connectivity index (χ2n) is 8.16. The molecule has 3 rings (SSSR count). The monoisotopic (exact) mass is 480 g/mol. The topological polar surface area (TPSA) is 75.7 Å². The number of carbonyl (C=O) groups excluding carboxylic acids is 1. The summed E-state index contributed by atoms with van der Waals surface area (Å²) in [5.41, 5.74) is 4.05. The molecular formula is C27H32N2O4S. The first-order valence-electron chi connectivity index (χ1n) is 11.4. The molecule has 0 spiro atoms. The highest BCUT2D eigenvalue weighted by Gasteiger charge is 2.21. The largest absolute Gasteiger partial charge is 0.492 e. The summed E-state index contributed by atoms with van der Waals surface area (Å²) in [5, 5.41) is 3.02. The fourth-order valence-corrected chi connectivity index (χ4v) is 4.55. The maximum absolute atomic E-state index is 12.7. The zero-order valence-electron chi connectivity index (χ0n) is 20.1. The second-order valence-corrected chi connectivity index (χ2v) is 10.1. The molecule has 0 bridgehead atoms. The molecule has 0 radical (unpaired) electrons. The fraction of sp³-hybridized carbons (Fsp3) is 0.296. The minimum absolute atomic E-state index is 0.130. The van der Waals surface area contributed by atoms with Crippen LogP contribution in [0.4, 0.5) is 5.69 Å². The van der Waals surface area contributed by atoms with Crippen molar-refractivity contribution in [2.45, 2.75) is 39.8 Å². The smallest absolute Gasteiger partial charge is 0.251 e. The molecule has 6 nitrogen and oxygen atoms in total. The fourth-order valence-electron chi connectivity index (χ4n) is 3.65. The molecule has 7 heteroatoms. The number of benzene rings is 3. The first-order chi connectivity index (χ1) is 16.2. The van der Waals surface area contributed by atoms with Crippen LogP contribution in [-0.4, -0.2) is 27.2 Å². The average Bonchev–Trinajstić information content (AvgIpc) is 2.83. The Morgan fingerprint density at radius 3 is 2.15 bits per heavy atom. The average molecular weight is 481 g/mol. The lowest BCUT2D eigenvalue weighted by atomic mass is 10.0. The van der Waals surface area contributed by atoms with Crippen molar-refractivity contribution in [3.63, 3.8) is 0 Å². The molecule has 0 saturated carbocycles. The van der Waals surface area contributed by atoms with Gasteiger partial charge in [-0.3, -0.25) is 9.10 Å². The highest BCUT2D eigenvalue weighted by Crippen LogP contribution is 2.31. The molecule has 3 aromatic rings. The van der Waals surface area contributed by atoms with Gasteiger partial charge in [-0.15, -0.1) is 0 Å². The van der Waals surface area contributed by atoms with Crippen molar-refractivity contribution in [1.29, 1.82) is 0 Å². The summed E-state index contributed by atoms with van der Waals surface area (Å²) in [7, 11) is -3.56. The van der Waals surface area contributed by atoms with E-state index in [0.29, 0.717) is 23.6 Å². The van der Waals surface area contributed by atoms with Crippen LogP contribution in [0.2, 0.25) is 0 Å². The van der Waals surface area contributed by atoms with Gasteiger partial charge in [-0.1, -0.05) is 55.5 Å². The summed E-state index contributed by atoms with van der Waals surface area (Å²) < 4.78 is 32.1. The Balaban J connectivity index is 1.74. The number of sulfonamides is 1. The van der Waals surface area contributed by atoms with E-state index in [4.69, 9.17) is 4.74 Å². The molecule has 0 aliphatic carbocycles. The van der Waals surface area contributed by atoms with Crippen LogP contribution in [-0.2, 0) is 23.0 Å². The van der Waals surface area contributed by atoms with Crippen molar-refractivity contribution in [1.82, 2.24) is 5.32 Å². The van der Waals surface area contributed by atoms with Crippen molar-refractivity contribution in [2.75, 3.05) is 17.2 Å². The normalized spacial score (nSPS) is 12.1. The van der Waals surface area contributed by atoms with Crippen molar-refractivity contribution < 1.29 is 17.9 Å². The van der Waals surface area contributed by atoms with Gasteiger partial charge in [0.2, 0.25) is 10.0 Å². The van der Waals surface area contributed by atoms with E-state index in [1.54, 1.807) is 42.5 Å². The summed E-state index contributed by atoms with van der Waals surface area (Å²) in [6.07, 6.45) is 2.15. The van der Waals surface area contributed by atoms with Crippen molar-refractivity contribution in [2.24, 2.45) is 0 Å². The standard InChI is InChI=1S/C27H32N2O4S/c1-5-21-11-15-23(16-12-21)20(3)28-27(30)24-17-13-22(14-18-24)19-29(34(4,31)32)25-9-7-8-10-26(25)33-6-2/h7-18,20H,5-6,19H2,1-4H3,(H,28,30)/t20-/m1/s1. The molecule has 1 amide bonds. The molecule has 1 N–H and O–H groups in total. The molecular weight excluding hydrogens is 448 g/mol. The molecule has 0 aliphatic rings. The predicted molar refractivity (Wildman–Crippen MR) is 137 cm³/mol. The van der Waals surface area contributed by atoms with Gasteiger partial charge in [0.05, 0.1) is 31.1 Å². The van der Waals surface area contributed by atoms with E-state index in [2.05, 4.69) is 24.4 Å². The number of nitrogens with zero attached hydrogens (tertiary/aromatic N) is 1. The Bertz CT molecular complexity index is 1210. The van der Waals surface area contributed by atoms with Gasteiger partial charge in [-0.05, 0) is 61.2 Å². The minimum Gasteiger partial charge on any atom is -0.492 e. The number of nitrogens with one attached hydrogen (secondary N) is 1. The van der Waals surface area contributed by atoms with Crippen LogP contribution in [0.1, 0.15) is 53.9 Å². The highest BCUT2D eigenvalue weighted by molar-refractivity contribution is 7.92. The number of ether oxygens (including phenoxy) is 1. The first kappa shape index (κ1) is 25.3. The van der Waals surface area contributed by atoms with Gasteiger partial charge in [-0.2, -0.15) is 0 Å². The summed E-state index contributed by atoms with van der Waals surface area (Å²) >= 11 is 0. The Morgan fingerprint density at radius 2 is 1.56 bits per heavy atom. The molecule has 34 heavy (non-hydrogen) atoms. The Labute approximate surface area is 202 Å². The highest BCUT2D eigenvalue weighted by atomic mass is 32.2. The van der Waals surface area contributed by atoms with Crippen LogP contribution in [0.25, 0.3) is 0 Å². The van der Waals surface area contributed by atoms with Crippen molar-refractivity contribution >= 4 is 21.6 Å². The summed E-state index contributed by atoms with van der Waals surface area (Å²) in [6.45, 7) is 6.47. The van der Waals surface area contributed by atoms with E-state index in [-0.39, 0.29) is 18.5 Å². The minimum atomic E-state index is -3.56. The quantitative estimate of drug-likeness (QED) is 0.438. The van der Waals surface area contributed by atoms with E-state index < -0.39 is 10.0 Å². The molecule has 0 fully saturated rings. The molecule has 0 aromatic heterocycles.